The van der Waals surface area contributed by atoms with Gasteiger partial charge in [0.2, 0.25) is 0 Å². The highest BCUT2D eigenvalue weighted by atomic mass is 16.5. The number of imidazole rings is 1. The van der Waals surface area contributed by atoms with E-state index in [9.17, 15) is 0 Å². The topological polar surface area (TPSA) is 65.3 Å². The Labute approximate surface area is 152 Å². The molecule has 7 nitrogen and oxygen atoms in total. The third-order valence-electron chi connectivity index (χ3n) is 4.46. The Balaban J connectivity index is 1.67. The van der Waals surface area contributed by atoms with E-state index in [1.54, 1.807) is 25.7 Å². The summed E-state index contributed by atoms with van der Waals surface area (Å²) in [5, 5.41) is 0. The molecule has 3 heterocycles. The summed E-state index contributed by atoms with van der Waals surface area (Å²) in [6.07, 6.45) is 7.23. The SMILES string of the molecule is COc1ncc(-c2nccn2-c2ccccc2CN2CCOCC2)cn1. The Kier molecular flexibility index (Phi) is 4.90. The number of para-hydroxylation sites is 1. The van der Waals surface area contributed by atoms with Gasteiger partial charge in [0.05, 0.1) is 31.6 Å². The first-order chi connectivity index (χ1) is 12.8. The van der Waals surface area contributed by atoms with E-state index in [0.717, 1.165) is 49.9 Å². The lowest BCUT2D eigenvalue weighted by Crippen LogP contribution is -2.35. The third kappa shape index (κ3) is 3.44. The van der Waals surface area contributed by atoms with Gasteiger partial charge in [0.25, 0.3) is 0 Å². The summed E-state index contributed by atoms with van der Waals surface area (Å²) in [4.78, 5) is 15.3. The maximum absolute atomic E-state index is 5.45. The van der Waals surface area contributed by atoms with Gasteiger partial charge in [-0.25, -0.2) is 15.0 Å². The van der Waals surface area contributed by atoms with Crippen molar-refractivity contribution in [2.75, 3.05) is 33.4 Å². The summed E-state index contributed by atoms with van der Waals surface area (Å²) >= 11 is 0. The molecule has 0 radical (unpaired) electrons. The van der Waals surface area contributed by atoms with Crippen molar-refractivity contribution in [2.24, 2.45) is 0 Å². The molecule has 0 saturated carbocycles. The molecule has 4 rings (SSSR count). The first kappa shape index (κ1) is 16.7. The molecular formula is C19H21N5O2. The highest BCUT2D eigenvalue weighted by Crippen LogP contribution is 2.24. The zero-order chi connectivity index (χ0) is 17.8. The Bertz CT molecular complexity index is 856. The zero-order valence-corrected chi connectivity index (χ0v) is 14.7. The molecule has 1 aliphatic heterocycles. The van der Waals surface area contributed by atoms with Crippen LogP contribution in [0.5, 0.6) is 6.01 Å². The fourth-order valence-electron chi connectivity index (χ4n) is 3.13. The number of hydrogen-bond donors (Lipinski definition) is 0. The largest absolute Gasteiger partial charge is 0.467 e. The van der Waals surface area contributed by atoms with E-state index in [1.165, 1.54) is 5.56 Å². The van der Waals surface area contributed by atoms with Crippen LogP contribution in [0.4, 0.5) is 0 Å². The van der Waals surface area contributed by atoms with Crippen molar-refractivity contribution in [1.82, 2.24) is 24.4 Å². The minimum Gasteiger partial charge on any atom is -0.467 e. The van der Waals surface area contributed by atoms with Gasteiger partial charge in [0, 0.05) is 44.4 Å². The number of nitrogens with zero attached hydrogens (tertiary/aromatic N) is 5. The molecule has 0 bridgehead atoms. The second-order valence-electron chi connectivity index (χ2n) is 6.10. The lowest BCUT2D eigenvalue weighted by molar-refractivity contribution is 0.0342. The Morgan fingerprint density at radius 2 is 1.85 bits per heavy atom. The molecule has 2 aromatic heterocycles. The second-order valence-corrected chi connectivity index (χ2v) is 6.10. The van der Waals surface area contributed by atoms with Crippen LogP contribution in [0, 0.1) is 0 Å². The third-order valence-corrected chi connectivity index (χ3v) is 4.46. The summed E-state index contributed by atoms with van der Waals surface area (Å²) in [7, 11) is 1.55. The quantitative estimate of drug-likeness (QED) is 0.702. The van der Waals surface area contributed by atoms with Gasteiger partial charge in [0.15, 0.2) is 0 Å². The standard InChI is InChI=1S/C19H21N5O2/c1-25-19-21-12-16(13-22-19)18-20-6-7-24(18)17-5-3-2-4-15(17)14-23-8-10-26-11-9-23/h2-7,12-13H,8-11,14H2,1H3. The summed E-state index contributed by atoms with van der Waals surface area (Å²) in [5.41, 5.74) is 3.21. The van der Waals surface area contributed by atoms with Crippen LogP contribution in [-0.4, -0.2) is 57.8 Å². The highest BCUT2D eigenvalue weighted by Gasteiger charge is 2.16. The van der Waals surface area contributed by atoms with E-state index >= 15 is 0 Å². The molecule has 0 aliphatic carbocycles. The van der Waals surface area contributed by atoms with Gasteiger partial charge < -0.3 is 9.47 Å². The minimum absolute atomic E-state index is 0.347. The van der Waals surface area contributed by atoms with Crippen LogP contribution in [0.15, 0.2) is 49.1 Å². The molecule has 0 atom stereocenters. The fourth-order valence-corrected chi connectivity index (χ4v) is 3.13. The monoisotopic (exact) mass is 351 g/mol. The van der Waals surface area contributed by atoms with Crippen LogP contribution >= 0.6 is 0 Å². The van der Waals surface area contributed by atoms with Crippen molar-refractivity contribution < 1.29 is 9.47 Å². The van der Waals surface area contributed by atoms with Crippen molar-refractivity contribution in [3.8, 4) is 23.1 Å². The molecule has 1 aromatic carbocycles. The molecule has 3 aromatic rings. The van der Waals surface area contributed by atoms with Crippen LogP contribution in [-0.2, 0) is 11.3 Å². The smallest absolute Gasteiger partial charge is 0.316 e. The second kappa shape index (κ2) is 7.63. The van der Waals surface area contributed by atoms with Gasteiger partial charge >= 0.3 is 6.01 Å². The summed E-state index contributed by atoms with van der Waals surface area (Å²) < 4.78 is 12.6. The summed E-state index contributed by atoms with van der Waals surface area (Å²) in [6, 6.07) is 8.75. The molecule has 0 N–H and O–H groups in total. The Morgan fingerprint density at radius 3 is 2.62 bits per heavy atom. The van der Waals surface area contributed by atoms with E-state index in [2.05, 4.69) is 42.6 Å². The van der Waals surface area contributed by atoms with Crippen molar-refractivity contribution in [1.29, 1.82) is 0 Å². The fraction of sp³-hybridized carbons (Fsp3) is 0.316. The lowest BCUT2D eigenvalue weighted by atomic mass is 10.1. The van der Waals surface area contributed by atoms with Crippen molar-refractivity contribution in [2.45, 2.75) is 6.54 Å². The van der Waals surface area contributed by atoms with E-state index < -0.39 is 0 Å². The Morgan fingerprint density at radius 1 is 1.08 bits per heavy atom. The number of ether oxygens (including phenoxy) is 2. The Hall–Kier alpha value is -2.77. The predicted molar refractivity (Wildman–Crippen MR) is 97.2 cm³/mol. The molecule has 0 spiro atoms. The number of morpholine rings is 1. The zero-order valence-electron chi connectivity index (χ0n) is 14.7. The van der Waals surface area contributed by atoms with Crippen molar-refractivity contribution in [3.05, 3.63) is 54.6 Å². The van der Waals surface area contributed by atoms with Crippen LogP contribution in [0.3, 0.4) is 0 Å². The van der Waals surface area contributed by atoms with Crippen molar-refractivity contribution >= 4 is 0 Å². The van der Waals surface area contributed by atoms with Gasteiger partial charge in [-0.1, -0.05) is 18.2 Å². The number of rotatable bonds is 5. The molecule has 134 valence electrons. The minimum atomic E-state index is 0.347. The van der Waals surface area contributed by atoms with Gasteiger partial charge in [0.1, 0.15) is 5.82 Å². The van der Waals surface area contributed by atoms with Crippen LogP contribution in [0.25, 0.3) is 17.1 Å². The first-order valence-corrected chi connectivity index (χ1v) is 8.63. The van der Waals surface area contributed by atoms with Gasteiger partial charge in [-0.3, -0.25) is 9.47 Å². The molecule has 1 aliphatic rings. The first-order valence-electron chi connectivity index (χ1n) is 8.63. The van der Waals surface area contributed by atoms with E-state index in [0.29, 0.717) is 6.01 Å². The maximum atomic E-state index is 5.45. The molecule has 7 heteroatoms. The van der Waals surface area contributed by atoms with Gasteiger partial charge in [-0.05, 0) is 11.6 Å². The number of benzene rings is 1. The van der Waals surface area contributed by atoms with Gasteiger partial charge in [-0.15, -0.1) is 0 Å². The van der Waals surface area contributed by atoms with Crippen molar-refractivity contribution in [3.63, 3.8) is 0 Å². The average molecular weight is 351 g/mol. The highest BCUT2D eigenvalue weighted by molar-refractivity contribution is 5.58. The van der Waals surface area contributed by atoms with Crippen LogP contribution in [0.2, 0.25) is 0 Å². The maximum Gasteiger partial charge on any atom is 0.316 e. The van der Waals surface area contributed by atoms with E-state index in [-0.39, 0.29) is 0 Å². The summed E-state index contributed by atoms with van der Waals surface area (Å²) in [5.74, 6) is 0.807. The van der Waals surface area contributed by atoms with E-state index in [4.69, 9.17) is 9.47 Å². The average Bonchev–Trinajstić information content (AvgIpc) is 3.19. The van der Waals surface area contributed by atoms with Gasteiger partial charge in [-0.2, -0.15) is 0 Å². The molecule has 0 unspecified atom stereocenters. The number of aromatic nitrogens is 4. The summed E-state index contributed by atoms with van der Waals surface area (Å²) in [6.45, 7) is 4.38. The van der Waals surface area contributed by atoms with E-state index in [1.807, 2.05) is 12.3 Å². The molecular weight excluding hydrogens is 330 g/mol. The normalized spacial score (nSPS) is 15.1. The van der Waals surface area contributed by atoms with Crippen LogP contribution < -0.4 is 4.74 Å². The molecule has 1 saturated heterocycles. The number of hydrogen-bond acceptors (Lipinski definition) is 6. The van der Waals surface area contributed by atoms with Crippen LogP contribution in [0.1, 0.15) is 5.56 Å². The molecule has 1 fully saturated rings. The lowest BCUT2D eigenvalue weighted by Gasteiger charge is -2.27. The molecule has 26 heavy (non-hydrogen) atoms. The molecule has 0 amide bonds. The predicted octanol–water partition coefficient (Wildman–Crippen LogP) is 2.17. The number of methoxy groups -OCH3 is 1.